The zero-order chi connectivity index (χ0) is 17.4. The van der Waals surface area contributed by atoms with Crippen LogP contribution in [0.15, 0.2) is 24.3 Å². The van der Waals surface area contributed by atoms with Crippen molar-refractivity contribution in [3.8, 4) is 11.5 Å². The Bertz CT molecular complexity index is 798. The van der Waals surface area contributed by atoms with Gasteiger partial charge in [-0.05, 0) is 44.4 Å². The molecule has 2 aliphatic rings. The normalized spacial score (nSPS) is 16.6. The number of benzene rings is 1. The Balaban J connectivity index is 1.40. The quantitative estimate of drug-likeness (QED) is 0.873. The molecule has 25 heavy (non-hydrogen) atoms. The number of hydrogen-bond acceptors (Lipinski definition) is 4. The number of fused-ring (bicyclic) bond motifs is 1. The van der Waals surface area contributed by atoms with E-state index >= 15 is 0 Å². The summed E-state index contributed by atoms with van der Waals surface area (Å²) < 4.78 is 12.7. The van der Waals surface area contributed by atoms with E-state index in [0.717, 1.165) is 17.9 Å². The number of nitrogens with zero attached hydrogens (tertiary/aromatic N) is 2. The van der Waals surface area contributed by atoms with Crippen molar-refractivity contribution < 1.29 is 14.3 Å². The summed E-state index contributed by atoms with van der Waals surface area (Å²) >= 11 is 0. The van der Waals surface area contributed by atoms with Gasteiger partial charge in [0.2, 0.25) is 6.79 Å². The molecule has 2 heterocycles. The van der Waals surface area contributed by atoms with Crippen molar-refractivity contribution in [3.05, 3.63) is 35.5 Å². The number of aryl methyl sites for hydroxylation is 1. The third kappa shape index (κ3) is 3.26. The van der Waals surface area contributed by atoms with Crippen molar-refractivity contribution in [2.24, 2.45) is 0 Å². The summed E-state index contributed by atoms with van der Waals surface area (Å²) in [4.78, 5) is 12.3. The van der Waals surface area contributed by atoms with Crippen LogP contribution >= 0.6 is 0 Å². The van der Waals surface area contributed by atoms with Crippen LogP contribution in [0.5, 0.6) is 11.5 Å². The van der Waals surface area contributed by atoms with Crippen molar-refractivity contribution in [2.75, 3.05) is 12.1 Å². The molecule has 0 saturated heterocycles. The van der Waals surface area contributed by atoms with Crippen molar-refractivity contribution >= 4 is 11.8 Å². The maximum absolute atomic E-state index is 12.3. The molecule has 1 atom stereocenters. The fourth-order valence-electron chi connectivity index (χ4n) is 3.07. The van der Waals surface area contributed by atoms with E-state index in [-0.39, 0.29) is 18.9 Å². The van der Waals surface area contributed by atoms with Gasteiger partial charge in [-0.2, -0.15) is 5.10 Å². The number of anilines is 1. The maximum Gasteiger partial charge on any atom is 0.320 e. The molecule has 0 spiro atoms. The Hall–Kier alpha value is -2.70. The van der Waals surface area contributed by atoms with E-state index in [1.54, 1.807) is 0 Å². The van der Waals surface area contributed by atoms with Crippen LogP contribution in [-0.2, 0) is 6.54 Å². The van der Waals surface area contributed by atoms with Crippen LogP contribution in [0, 0.1) is 0 Å². The summed E-state index contributed by atoms with van der Waals surface area (Å²) in [7, 11) is 0. The van der Waals surface area contributed by atoms with E-state index in [4.69, 9.17) is 9.47 Å². The molecule has 2 amide bonds. The van der Waals surface area contributed by atoms with E-state index in [0.29, 0.717) is 17.5 Å². The lowest BCUT2D eigenvalue weighted by molar-refractivity contribution is 0.174. The first-order chi connectivity index (χ1) is 12.1. The molecule has 0 bridgehead atoms. The molecule has 2 N–H and O–H groups in total. The van der Waals surface area contributed by atoms with Gasteiger partial charge in [0.15, 0.2) is 17.3 Å². The van der Waals surface area contributed by atoms with Crippen molar-refractivity contribution in [1.82, 2.24) is 15.1 Å². The largest absolute Gasteiger partial charge is 0.454 e. The Morgan fingerprint density at radius 1 is 1.32 bits per heavy atom. The van der Waals surface area contributed by atoms with E-state index in [9.17, 15) is 4.79 Å². The highest BCUT2D eigenvalue weighted by molar-refractivity contribution is 5.88. The molecule has 7 nitrogen and oxygen atoms in total. The van der Waals surface area contributed by atoms with Crippen LogP contribution in [0.4, 0.5) is 10.6 Å². The van der Waals surface area contributed by atoms with E-state index in [2.05, 4.69) is 22.7 Å². The number of nitrogens with one attached hydrogen (secondary N) is 2. The molecular formula is C18H22N4O3. The highest BCUT2D eigenvalue weighted by Gasteiger charge is 2.28. The van der Waals surface area contributed by atoms with Gasteiger partial charge in [-0.25, -0.2) is 4.79 Å². The van der Waals surface area contributed by atoms with E-state index in [1.807, 2.05) is 35.9 Å². The lowest BCUT2D eigenvalue weighted by Gasteiger charge is -2.14. The third-order valence-electron chi connectivity index (χ3n) is 4.59. The lowest BCUT2D eigenvalue weighted by Crippen LogP contribution is -2.31. The molecule has 1 unspecified atom stereocenters. The van der Waals surface area contributed by atoms with Gasteiger partial charge in [0, 0.05) is 24.2 Å². The summed E-state index contributed by atoms with van der Waals surface area (Å²) in [5.74, 6) is 2.64. The molecule has 7 heteroatoms. The van der Waals surface area contributed by atoms with E-state index < -0.39 is 0 Å². The molecule has 1 saturated carbocycles. The van der Waals surface area contributed by atoms with Crippen LogP contribution in [0.3, 0.4) is 0 Å². The Labute approximate surface area is 146 Å². The van der Waals surface area contributed by atoms with Gasteiger partial charge in [0.25, 0.3) is 0 Å². The Kier molecular flexibility index (Phi) is 3.99. The van der Waals surface area contributed by atoms with Gasteiger partial charge in [-0.15, -0.1) is 0 Å². The summed E-state index contributed by atoms with van der Waals surface area (Å²) in [6.07, 6.45) is 2.41. The second-order valence-corrected chi connectivity index (χ2v) is 6.48. The number of ether oxygens (including phenoxy) is 2. The van der Waals surface area contributed by atoms with Gasteiger partial charge >= 0.3 is 6.03 Å². The topological polar surface area (TPSA) is 77.4 Å². The van der Waals surface area contributed by atoms with Crippen molar-refractivity contribution in [1.29, 1.82) is 0 Å². The fraction of sp³-hybridized carbons (Fsp3) is 0.444. The average molecular weight is 342 g/mol. The number of carbonyl (C=O) groups excluding carboxylic acids is 1. The molecule has 4 rings (SSSR count). The minimum absolute atomic E-state index is 0.161. The second-order valence-electron chi connectivity index (χ2n) is 6.48. The molecule has 132 valence electrons. The first-order valence-corrected chi connectivity index (χ1v) is 8.69. The molecule has 1 fully saturated rings. The predicted molar refractivity (Wildman–Crippen MR) is 93.0 cm³/mol. The molecule has 1 aliphatic heterocycles. The predicted octanol–water partition coefficient (Wildman–Crippen LogP) is 3.39. The van der Waals surface area contributed by atoms with E-state index in [1.165, 1.54) is 18.5 Å². The summed E-state index contributed by atoms with van der Waals surface area (Å²) in [5, 5.41) is 10.2. The second kappa shape index (κ2) is 6.31. The zero-order valence-electron chi connectivity index (χ0n) is 14.4. The van der Waals surface area contributed by atoms with Gasteiger partial charge in [-0.3, -0.25) is 10.00 Å². The van der Waals surface area contributed by atoms with Crippen LogP contribution in [0.25, 0.3) is 0 Å². The number of urea groups is 1. The SMILES string of the molecule is CCn1nc(NC(=O)NC(C)c2ccc3c(c2)OCO3)cc1C1CC1. The van der Waals surface area contributed by atoms with Crippen LogP contribution in [-0.4, -0.2) is 22.6 Å². The van der Waals surface area contributed by atoms with Gasteiger partial charge in [-0.1, -0.05) is 6.07 Å². The molecular weight excluding hydrogens is 320 g/mol. The number of hydrogen-bond donors (Lipinski definition) is 2. The number of carbonyl (C=O) groups is 1. The smallest absolute Gasteiger partial charge is 0.320 e. The first kappa shape index (κ1) is 15.8. The minimum Gasteiger partial charge on any atom is -0.454 e. The van der Waals surface area contributed by atoms with Crippen molar-refractivity contribution in [2.45, 2.75) is 45.2 Å². The highest BCUT2D eigenvalue weighted by Crippen LogP contribution is 2.40. The maximum atomic E-state index is 12.3. The molecule has 2 aromatic rings. The molecule has 0 radical (unpaired) electrons. The summed E-state index contributed by atoms with van der Waals surface area (Å²) in [5.41, 5.74) is 2.17. The molecule has 1 aromatic heterocycles. The fourth-order valence-corrected chi connectivity index (χ4v) is 3.07. The Morgan fingerprint density at radius 2 is 2.12 bits per heavy atom. The van der Waals surface area contributed by atoms with Gasteiger partial charge < -0.3 is 14.8 Å². The molecule has 1 aliphatic carbocycles. The lowest BCUT2D eigenvalue weighted by atomic mass is 10.1. The highest BCUT2D eigenvalue weighted by atomic mass is 16.7. The number of amides is 2. The third-order valence-corrected chi connectivity index (χ3v) is 4.59. The number of aromatic nitrogens is 2. The molecule has 1 aromatic carbocycles. The minimum atomic E-state index is -0.270. The number of rotatable bonds is 5. The van der Waals surface area contributed by atoms with Crippen LogP contribution in [0.2, 0.25) is 0 Å². The standard InChI is InChI=1S/C18H22N4O3/c1-3-22-14(12-4-5-12)9-17(21-22)20-18(23)19-11(2)13-6-7-15-16(8-13)25-10-24-15/h6-9,11-12H,3-5,10H2,1-2H3,(H2,19,20,21,23). The monoisotopic (exact) mass is 342 g/mol. The van der Waals surface area contributed by atoms with Gasteiger partial charge in [0.1, 0.15) is 0 Å². The van der Waals surface area contributed by atoms with Gasteiger partial charge in [0.05, 0.1) is 6.04 Å². The Morgan fingerprint density at radius 3 is 2.88 bits per heavy atom. The summed E-state index contributed by atoms with van der Waals surface area (Å²) in [6, 6.07) is 7.23. The first-order valence-electron chi connectivity index (χ1n) is 8.69. The zero-order valence-corrected chi connectivity index (χ0v) is 14.4. The summed E-state index contributed by atoms with van der Waals surface area (Å²) in [6.45, 7) is 5.04. The average Bonchev–Trinajstić information content (AvgIpc) is 3.19. The van der Waals surface area contributed by atoms with Crippen molar-refractivity contribution in [3.63, 3.8) is 0 Å². The van der Waals surface area contributed by atoms with Crippen LogP contribution < -0.4 is 20.1 Å². The van der Waals surface area contributed by atoms with Crippen LogP contribution in [0.1, 0.15) is 49.9 Å².